The van der Waals surface area contributed by atoms with Crippen molar-refractivity contribution >= 4 is 21.8 Å². The molecule has 160 valence electrons. The fourth-order valence-corrected chi connectivity index (χ4v) is 6.97. The highest BCUT2D eigenvalue weighted by Gasteiger charge is 2.34. The standard InChI is InChI=1S/C25H38O2P2/c1-9-25(10-2,22-15-18(3)14-20(5)23(22)27-17-26-6)28-24-19(4)12-11-13-21(24)16-29(7)8/h11-15,28H,9-10,16-17H2,1-8H3. The number of rotatable bonds is 10. The minimum Gasteiger partial charge on any atom is -0.467 e. The fraction of sp³-hybridized carbons (Fsp3) is 0.520. The van der Waals surface area contributed by atoms with Gasteiger partial charge in [0.1, 0.15) is 5.75 Å². The Morgan fingerprint density at radius 2 is 1.69 bits per heavy atom. The minimum absolute atomic E-state index is 0.0290. The fourth-order valence-electron chi connectivity index (χ4n) is 4.11. The van der Waals surface area contributed by atoms with E-state index in [1.807, 2.05) is 0 Å². The van der Waals surface area contributed by atoms with Crippen molar-refractivity contribution in [2.45, 2.75) is 58.8 Å². The normalized spacial score (nSPS) is 12.3. The number of benzene rings is 2. The summed E-state index contributed by atoms with van der Waals surface area (Å²) in [5, 5.41) is 1.63. The van der Waals surface area contributed by atoms with Gasteiger partial charge in [-0.05, 0) is 75.1 Å². The van der Waals surface area contributed by atoms with Crippen LogP contribution in [-0.2, 0) is 16.1 Å². The first-order valence-corrected chi connectivity index (χ1v) is 13.9. The second kappa shape index (κ2) is 10.9. The summed E-state index contributed by atoms with van der Waals surface area (Å²) in [5.74, 6) is 1.01. The van der Waals surface area contributed by atoms with E-state index in [2.05, 4.69) is 78.3 Å². The molecule has 0 aromatic heterocycles. The lowest BCUT2D eigenvalue weighted by atomic mass is 9.89. The van der Waals surface area contributed by atoms with Crippen LogP contribution in [-0.4, -0.2) is 27.2 Å². The number of ether oxygens (including phenoxy) is 2. The second-order valence-electron chi connectivity index (χ2n) is 8.27. The van der Waals surface area contributed by atoms with Crippen molar-refractivity contribution in [2.75, 3.05) is 27.2 Å². The zero-order valence-electron chi connectivity index (χ0n) is 19.5. The molecule has 0 aliphatic heterocycles. The third-order valence-electron chi connectivity index (χ3n) is 5.67. The lowest BCUT2D eigenvalue weighted by Gasteiger charge is -2.36. The maximum atomic E-state index is 6.13. The SMILES string of the molecule is CCC(CC)(Pc1c(C)cccc1CP(C)C)c1cc(C)cc(C)c1OCOC. The second-order valence-corrected chi connectivity index (χ2v) is 12.5. The molecule has 0 saturated heterocycles. The van der Waals surface area contributed by atoms with Crippen molar-refractivity contribution in [3.05, 3.63) is 58.1 Å². The number of methoxy groups -OCH3 is 1. The third-order valence-corrected chi connectivity index (χ3v) is 9.07. The predicted octanol–water partition coefficient (Wildman–Crippen LogP) is 6.86. The number of hydrogen-bond acceptors (Lipinski definition) is 2. The van der Waals surface area contributed by atoms with Gasteiger partial charge >= 0.3 is 0 Å². The Balaban J connectivity index is 2.63. The van der Waals surface area contributed by atoms with Gasteiger partial charge in [-0.3, -0.25) is 0 Å². The monoisotopic (exact) mass is 432 g/mol. The zero-order chi connectivity index (χ0) is 21.6. The highest BCUT2D eigenvalue weighted by molar-refractivity contribution is 7.55. The molecule has 4 heteroatoms. The van der Waals surface area contributed by atoms with Gasteiger partial charge in [-0.1, -0.05) is 58.3 Å². The summed E-state index contributed by atoms with van der Waals surface area (Å²) in [5.41, 5.74) is 6.81. The van der Waals surface area contributed by atoms with Crippen molar-refractivity contribution in [1.29, 1.82) is 0 Å². The van der Waals surface area contributed by atoms with E-state index in [4.69, 9.17) is 9.47 Å². The molecule has 0 spiro atoms. The van der Waals surface area contributed by atoms with Crippen LogP contribution in [0.3, 0.4) is 0 Å². The van der Waals surface area contributed by atoms with Gasteiger partial charge in [0, 0.05) is 17.8 Å². The lowest BCUT2D eigenvalue weighted by molar-refractivity contribution is 0.0494. The van der Waals surface area contributed by atoms with Crippen LogP contribution in [0.4, 0.5) is 0 Å². The quantitative estimate of drug-likeness (QED) is 0.302. The van der Waals surface area contributed by atoms with Crippen LogP contribution in [0.2, 0.25) is 0 Å². The van der Waals surface area contributed by atoms with Gasteiger partial charge in [0.05, 0.1) is 0 Å². The number of aryl methyl sites for hydroxylation is 3. The van der Waals surface area contributed by atoms with Crippen molar-refractivity contribution in [3.8, 4) is 5.75 Å². The average Bonchev–Trinajstić information content (AvgIpc) is 2.67. The van der Waals surface area contributed by atoms with Crippen molar-refractivity contribution in [3.63, 3.8) is 0 Å². The molecule has 0 N–H and O–H groups in total. The molecule has 0 radical (unpaired) electrons. The Kier molecular flexibility index (Phi) is 9.15. The first kappa shape index (κ1) is 24.3. The molecule has 0 fully saturated rings. The Morgan fingerprint density at radius 3 is 2.28 bits per heavy atom. The van der Waals surface area contributed by atoms with Crippen molar-refractivity contribution in [1.82, 2.24) is 0 Å². The first-order chi connectivity index (χ1) is 13.8. The van der Waals surface area contributed by atoms with Gasteiger partial charge in [-0.15, -0.1) is 7.92 Å². The predicted molar refractivity (Wildman–Crippen MR) is 132 cm³/mol. The van der Waals surface area contributed by atoms with Gasteiger partial charge < -0.3 is 9.47 Å². The Morgan fingerprint density at radius 1 is 1.00 bits per heavy atom. The van der Waals surface area contributed by atoms with E-state index in [-0.39, 0.29) is 19.9 Å². The molecule has 29 heavy (non-hydrogen) atoms. The molecule has 0 bridgehead atoms. The van der Waals surface area contributed by atoms with Crippen LogP contribution in [0, 0.1) is 20.8 Å². The van der Waals surface area contributed by atoms with Gasteiger partial charge in [-0.2, -0.15) is 0 Å². The van der Waals surface area contributed by atoms with Crippen molar-refractivity contribution < 1.29 is 9.47 Å². The topological polar surface area (TPSA) is 18.5 Å². The summed E-state index contributed by atoms with van der Waals surface area (Å²) in [6.07, 6.45) is 3.38. The highest BCUT2D eigenvalue weighted by Crippen LogP contribution is 2.52. The molecule has 1 unspecified atom stereocenters. The van der Waals surface area contributed by atoms with Crippen LogP contribution < -0.4 is 10.0 Å². The maximum absolute atomic E-state index is 6.13. The lowest BCUT2D eigenvalue weighted by Crippen LogP contribution is -2.25. The molecule has 2 nitrogen and oxygen atoms in total. The molecule has 0 aliphatic carbocycles. The van der Waals surface area contributed by atoms with Gasteiger partial charge in [0.15, 0.2) is 6.79 Å². The van der Waals surface area contributed by atoms with E-state index in [9.17, 15) is 0 Å². The van der Waals surface area contributed by atoms with Crippen molar-refractivity contribution in [2.24, 2.45) is 0 Å². The van der Waals surface area contributed by atoms with Gasteiger partial charge in [0.25, 0.3) is 0 Å². The van der Waals surface area contributed by atoms with E-state index >= 15 is 0 Å². The third kappa shape index (κ3) is 5.81. The van der Waals surface area contributed by atoms with E-state index in [1.165, 1.54) is 34.0 Å². The molecule has 2 aromatic carbocycles. The van der Waals surface area contributed by atoms with E-state index in [1.54, 1.807) is 12.4 Å². The largest absolute Gasteiger partial charge is 0.467 e. The molecule has 2 aromatic rings. The van der Waals surface area contributed by atoms with Crippen LogP contribution in [0.25, 0.3) is 0 Å². The summed E-state index contributed by atoms with van der Waals surface area (Å²) in [7, 11) is 2.44. The summed E-state index contributed by atoms with van der Waals surface area (Å²) < 4.78 is 11.4. The number of hydrogen-bond donors (Lipinski definition) is 0. The summed E-state index contributed by atoms with van der Waals surface area (Å²) in [6.45, 7) is 16.3. The summed E-state index contributed by atoms with van der Waals surface area (Å²) >= 11 is 0. The van der Waals surface area contributed by atoms with Gasteiger partial charge in [0.2, 0.25) is 0 Å². The molecule has 0 heterocycles. The average molecular weight is 433 g/mol. The van der Waals surface area contributed by atoms with E-state index < -0.39 is 0 Å². The highest BCUT2D eigenvalue weighted by atomic mass is 31.1. The van der Waals surface area contributed by atoms with Crippen LogP contribution in [0.5, 0.6) is 5.75 Å². The molecular weight excluding hydrogens is 394 g/mol. The van der Waals surface area contributed by atoms with Crippen LogP contribution in [0.1, 0.15) is 54.5 Å². The molecule has 0 amide bonds. The maximum Gasteiger partial charge on any atom is 0.188 e. The molecule has 1 atom stereocenters. The van der Waals surface area contributed by atoms with Crippen LogP contribution in [0.15, 0.2) is 30.3 Å². The molecular formula is C25H38O2P2. The minimum atomic E-state index is 0.0290. The molecule has 0 aliphatic rings. The molecule has 0 saturated carbocycles. The Labute approximate surface area is 181 Å². The summed E-state index contributed by atoms with van der Waals surface area (Å²) in [4.78, 5) is 0. The first-order valence-electron chi connectivity index (χ1n) is 10.5. The smallest absolute Gasteiger partial charge is 0.188 e. The van der Waals surface area contributed by atoms with E-state index in [0.717, 1.165) is 27.2 Å². The Hall–Kier alpha value is -0.940. The Bertz CT molecular complexity index is 811. The zero-order valence-corrected chi connectivity index (χ0v) is 21.4. The van der Waals surface area contributed by atoms with Gasteiger partial charge in [-0.25, -0.2) is 0 Å². The van der Waals surface area contributed by atoms with Crippen LogP contribution >= 0.6 is 16.5 Å². The van der Waals surface area contributed by atoms with E-state index in [0.29, 0.717) is 0 Å². The summed E-state index contributed by atoms with van der Waals surface area (Å²) in [6, 6.07) is 11.4. The molecule has 2 rings (SSSR count).